The van der Waals surface area contributed by atoms with Crippen molar-refractivity contribution in [1.29, 1.82) is 0 Å². The summed E-state index contributed by atoms with van der Waals surface area (Å²) < 4.78 is 0. The number of unbranched alkanes of at least 4 members (excludes halogenated alkanes) is 17. The van der Waals surface area contributed by atoms with Crippen molar-refractivity contribution in [2.24, 2.45) is 9.98 Å². The van der Waals surface area contributed by atoms with Crippen LogP contribution in [0.5, 0.6) is 0 Å². The van der Waals surface area contributed by atoms with Crippen LogP contribution in [0.15, 0.2) is 58.5 Å². The number of benzene rings is 2. The third-order valence-electron chi connectivity index (χ3n) is 8.99. The summed E-state index contributed by atoms with van der Waals surface area (Å²) in [4.78, 5) is 10.3. The van der Waals surface area contributed by atoms with E-state index in [2.05, 4.69) is 93.0 Å². The van der Waals surface area contributed by atoms with Crippen LogP contribution in [0, 0.1) is 23.7 Å². The smallest absolute Gasteiger partial charge is 0.0665 e. The molecule has 48 heavy (non-hydrogen) atoms. The zero-order valence-electron chi connectivity index (χ0n) is 31.3. The van der Waals surface area contributed by atoms with Crippen molar-refractivity contribution in [3.8, 4) is 23.7 Å². The molecule has 0 aliphatic rings. The van der Waals surface area contributed by atoms with E-state index in [1.165, 1.54) is 120 Å². The number of nitrogens with zero attached hydrogens (tertiary/aromatic N) is 2. The molecular weight excluding hydrogens is 581 g/mol. The van der Waals surface area contributed by atoms with E-state index >= 15 is 0 Å². The first kappa shape index (κ1) is 41.1. The SMILES string of the molecule is CCCCCCCCC#CCCc1ccccc1N=CC(CCCCCCCC)=Nc1ccccc1CCC#CCCCCCCCC. The molecule has 2 nitrogen and oxygen atoms in total. The van der Waals surface area contributed by atoms with Crippen LogP contribution in [-0.4, -0.2) is 11.9 Å². The van der Waals surface area contributed by atoms with E-state index in [9.17, 15) is 0 Å². The predicted octanol–water partition coefficient (Wildman–Crippen LogP) is 14.3. The molecule has 0 atom stereocenters. The van der Waals surface area contributed by atoms with Gasteiger partial charge in [-0.05, 0) is 61.8 Å². The Morgan fingerprint density at radius 2 is 0.896 bits per heavy atom. The standard InChI is InChI=1S/C46H68N2/c1-4-7-10-13-16-18-20-22-24-27-34-42-36-30-32-39-45(42)47-41-44(38-29-26-15-12-9-6-3)48-46-40-33-31-37-43(46)35-28-25-23-21-19-17-14-11-8-5-2/h30-33,36-37,39-41H,4-21,26-29,34-35,38H2,1-3H3. The second-order valence-corrected chi connectivity index (χ2v) is 13.4. The maximum absolute atomic E-state index is 5.23. The molecule has 0 unspecified atom stereocenters. The monoisotopic (exact) mass is 649 g/mol. The summed E-state index contributed by atoms with van der Waals surface area (Å²) in [6, 6.07) is 17.2. The normalized spacial score (nSPS) is 11.4. The molecule has 0 saturated carbocycles. The van der Waals surface area contributed by atoms with Gasteiger partial charge in [0.15, 0.2) is 0 Å². The second kappa shape index (κ2) is 30.0. The van der Waals surface area contributed by atoms with E-state index in [0.29, 0.717) is 0 Å². The zero-order valence-corrected chi connectivity index (χ0v) is 31.3. The molecule has 2 rings (SSSR count). The Labute approximate surface area is 297 Å². The van der Waals surface area contributed by atoms with Crippen molar-refractivity contribution in [3.05, 3.63) is 59.7 Å². The third-order valence-corrected chi connectivity index (χ3v) is 8.99. The van der Waals surface area contributed by atoms with Gasteiger partial charge in [0.25, 0.3) is 0 Å². The van der Waals surface area contributed by atoms with Crippen LogP contribution in [0.4, 0.5) is 11.4 Å². The molecule has 0 N–H and O–H groups in total. The van der Waals surface area contributed by atoms with Crippen LogP contribution in [0.3, 0.4) is 0 Å². The lowest BCUT2D eigenvalue weighted by atomic mass is 10.1. The molecule has 0 fully saturated rings. The minimum Gasteiger partial charge on any atom is -0.255 e. The lowest BCUT2D eigenvalue weighted by molar-refractivity contribution is 0.614. The van der Waals surface area contributed by atoms with Gasteiger partial charge < -0.3 is 0 Å². The Morgan fingerprint density at radius 1 is 0.479 bits per heavy atom. The van der Waals surface area contributed by atoms with Gasteiger partial charge in [0.1, 0.15) is 0 Å². The number of para-hydroxylation sites is 2. The third kappa shape index (κ3) is 21.0. The van der Waals surface area contributed by atoms with Crippen LogP contribution in [0.1, 0.15) is 180 Å². The molecule has 2 heteroatoms. The van der Waals surface area contributed by atoms with Gasteiger partial charge in [0, 0.05) is 31.9 Å². The van der Waals surface area contributed by atoms with Gasteiger partial charge in [-0.3, -0.25) is 9.98 Å². The van der Waals surface area contributed by atoms with Crippen molar-refractivity contribution in [2.75, 3.05) is 0 Å². The molecule has 0 radical (unpaired) electrons. The second-order valence-electron chi connectivity index (χ2n) is 13.4. The quantitative estimate of drug-likeness (QED) is 0.0551. The zero-order chi connectivity index (χ0) is 34.2. The first-order valence-corrected chi connectivity index (χ1v) is 20.0. The van der Waals surface area contributed by atoms with Crippen molar-refractivity contribution in [3.63, 3.8) is 0 Å². The molecular formula is C46H68N2. The summed E-state index contributed by atoms with van der Waals surface area (Å²) in [5.74, 6) is 13.7. The summed E-state index contributed by atoms with van der Waals surface area (Å²) in [6.07, 6.45) is 32.2. The summed E-state index contributed by atoms with van der Waals surface area (Å²) in [5.41, 5.74) is 5.72. The molecule has 2 aromatic rings. The maximum atomic E-state index is 5.23. The maximum Gasteiger partial charge on any atom is 0.0665 e. The number of hydrogen-bond acceptors (Lipinski definition) is 2. The minimum absolute atomic E-state index is 0.885. The van der Waals surface area contributed by atoms with Crippen LogP contribution in [-0.2, 0) is 12.8 Å². The van der Waals surface area contributed by atoms with E-state index in [1.807, 2.05) is 6.21 Å². The molecule has 262 valence electrons. The van der Waals surface area contributed by atoms with Crippen molar-refractivity contribution >= 4 is 23.3 Å². The van der Waals surface area contributed by atoms with E-state index in [-0.39, 0.29) is 0 Å². The van der Waals surface area contributed by atoms with Gasteiger partial charge in [-0.2, -0.15) is 0 Å². The predicted molar refractivity (Wildman–Crippen MR) is 214 cm³/mol. The van der Waals surface area contributed by atoms with E-state index in [0.717, 1.165) is 68.5 Å². The Kier molecular flexibility index (Phi) is 25.7. The van der Waals surface area contributed by atoms with Crippen molar-refractivity contribution < 1.29 is 0 Å². The number of aryl methyl sites for hydroxylation is 2. The topological polar surface area (TPSA) is 24.7 Å². The van der Waals surface area contributed by atoms with Gasteiger partial charge in [0.05, 0.1) is 17.1 Å². The van der Waals surface area contributed by atoms with Crippen LogP contribution in [0.2, 0.25) is 0 Å². The lowest BCUT2D eigenvalue weighted by Gasteiger charge is -2.08. The number of rotatable bonds is 26. The Balaban J connectivity index is 2.03. The number of hydrogen-bond donors (Lipinski definition) is 0. The molecule has 0 aromatic heterocycles. The summed E-state index contributed by atoms with van der Waals surface area (Å²) >= 11 is 0. The molecule has 0 aliphatic heterocycles. The highest BCUT2D eigenvalue weighted by molar-refractivity contribution is 6.31. The summed E-state index contributed by atoms with van der Waals surface area (Å²) in [6.45, 7) is 6.82. The van der Waals surface area contributed by atoms with Gasteiger partial charge >= 0.3 is 0 Å². The molecule has 0 spiro atoms. The van der Waals surface area contributed by atoms with Gasteiger partial charge in [-0.1, -0.05) is 153 Å². The van der Waals surface area contributed by atoms with Gasteiger partial charge in [-0.25, -0.2) is 0 Å². The highest BCUT2D eigenvalue weighted by atomic mass is 14.8. The fraction of sp³-hybridized carbons (Fsp3) is 0.609. The van der Waals surface area contributed by atoms with E-state index in [1.54, 1.807) is 0 Å². The fourth-order valence-corrected chi connectivity index (χ4v) is 5.95. The first-order chi connectivity index (χ1) is 23.8. The van der Waals surface area contributed by atoms with Gasteiger partial charge in [-0.15, -0.1) is 23.7 Å². The summed E-state index contributed by atoms with van der Waals surface area (Å²) in [5, 5.41) is 0. The van der Waals surface area contributed by atoms with E-state index < -0.39 is 0 Å². The fourth-order valence-electron chi connectivity index (χ4n) is 5.95. The average molecular weight is 649 g/mol. The molecule has 0 aliphatic carbocycles. The average Bonchev–Trinajstić information content (AvgIpc) is 3.11. The molecule has 0 bridgehead atoms. The first-order valence-electron chi connectivity index (χ1n) is 20.0. The lowest BCUT2D eigenvalue weighted by Crippen LogP contribution is -2.01. The highest BCUT2D eigenvalue weighted by Gasteiger charge is 2.05. The van der Waals surface area contributed by atoms with Crippen LogP contribution < -0.4 is 0 Å². The van der Waals surface area contributed by atoms with Crippen LogP contribution in [0.25, 0.3) is 0 Å². The Hall–Kier alpha value is -3.10. The highest BCUT2D eigenvalue weighted by Crippen LogP contribution is 2.23. The Morgan fingerprint density at radius 3 is 1.44 bits per heavy atom. The molecule has 0 heterocycles. The van der Waals surface area contributed by atoms with Crippen LogP contribution >= 0.6 is 0 Å². The van der Waals surface area contributed by atoms with E-state index in [4.69, 9.17) is 9.98 Å². The minimum atomic E-state index is 0.885. The molecule has 0 amide bonds. The number of aliphatic imine (C=N–C) groups is 2. The molecule has 2 aromatic carbocycles. The van der Waals surface area contributed by atoms with Gasteiger partial charge in [0.2, 0.25) is 0 Å². The largest absolute Gasteiger partial charge is 0.255 e. The van der Waals surface area contributed by atoms with Crippen molar-refractivity contribution in [2.45, 2.75) is 181 Å². The molecule has 0 saturated heterocycles. The van der Waals surface area contributed by atoms with Crippen molar-refractivity contribution in [1.82, 2.24) is 0 Å². The summed E-state index contributed by atoms with van der Waals surface area (Å²) in [7, 11) is 0. The Bertz CT molecular complexity index is 1260.